The molecule has 0 N–H and O–H groups in total. The summed E-state index contributed by atoms with van der Waals surface area (Å²) >= 11 is 0. The normalized spacial score (nSPS) is 19.4. The van der Waals surface area contributed by atoms with Gasteiger partial charge in [-0.15, -0.1) is 0 Å². The van der Waals surface area contributed by atoms with Crippen LogP contribution in [0.4, 0.5) is 0 Å². The van der Waals surface area contributed by atoms with E-state index in [-0.39, 0.29) is 12.5 Å². The Balaban J connectivity index is 1.79. The van der Waals surface area contributed by atoms with Crippen molar-refractivity contribution in [2.45, 2.75) is 25.7 Å². The third-order valence-corrected chi connectivity index (χ3v) is 3.82. The first-order chi connectivity index (χ1) is 9.29. The molecule has 1 heterocycles. The predicted molar refractivity (Wildman–Crippen MR) is 75.9 cm³/mol. The lowest BCUT2D eigenvalue weighted by Crippen LogP contribution is -2.41. The number of benzene rings is 1. The minimum atomic E-state index is 0.131. The van der Waals surface area contributed by atoms with Crippen molar-refractivity contribution in [3.8, 4) is 0 Å². The van der Waals surface area contributed by atoms with Crippen molar-refractivity contribution in [2.24, 2.45) is 5.92 Å². The molecule has 0 spiro atoms. The van der Waals surface area contributed by atoms with E-state index in [0.717, 1.165) is 25.9 Å². The van der Waals surface area contributed by atoms with E-state index < -0.39 is 0 Å². The van der Waals surface area contributed by atoms with Crippen molar-refractivity contribution >= 4 is 5.91 Å². The lowest BCUT2D eigenvalue weighted by molar-refractivity contribution is -0.137. The first-order valence-corrected chi connectivity index (χ1v) is 7.10. The number of aryl methyl sites for hydroxylation is 1. The highest BCUT2D eigenvalue weighted by Crippen LogP contribution is 2.21. The number of hydrogen-bond acceptors (Lipinski definition) is 2. The smallest absolute Gasteiger partial charge is 0.248 e. The van der Waals surface area contributed by atoms with E-state index in [4.69, 9.17) is 4.74 Å². The SMILES string of the molecule is COCC(=O)N1CCC[C@@H](CCc2ccccc2)C1. The van der Waals surface area contributed by atoms with Crippen LogP contribution in [0.15, 0.2) is 30.3 Å². The maximum atomic E-state index is 11.8. The summed E-state index contributed by atoms with van der Waals surface area (Å²) in [5.74, 6) is 0.765. The Morgan fingerprint density at radius 2 is 2.16 bits per heavy atom. The average molecular weight is 261 g/mol. The van der Waals surface area contributed by atoms with E-state index in [1.807, 2.05) is 4.90 Å². The Bertz CT molecular complexity index is 391. The standard InChI is InChI=1S/C16H23NO2/c1-19-13-16(18)17-11-5-8-15(12-17)10-9-14-6-3-2-4-7-14/h2-4,6-7,15H,5,8-13H2,1H3/t15-/m0/s1. The monoisotopic (exact) mass is 261 g/mol. The quantitative estimate of drug-likeness (QED) is 0.815. The van der Waals surface area contributed by atoms with Crippen LogP contribution in [0.1, 0.15) is 24.8 Å². The molecular weight excluding hydrogens is 238 g/mol. The van der Waals surface area contributed by atoms with Gasteiger partial charge >= 0.3 is 0 Å². The minimum Gasteiger partial charge on any atom is -0.375 e. The number of piperidine rings is 1. The summed E-state index contributed by atoms with van der Waals surface area (Å²) < 4.78 is 4.93. The van der Waals surface area contributed by atoms with Crippen LogP contribution in [0.5, 0.6) is 0 Å². The number of rotatable bonds is 5. The highest BCUT2D eigenvalue weighted by Gasteiger charge is 2.23. The molecule has 3 heteroatoms. The second-order valence-corrected chi connectivity index (χ2v) is 5.31. The van der Waals surface area contributed by atoms with E-state index in [1.165, 1.54) is 18.4 Å². The third kappa shape index (κ3) is 4.35. The third-order valence-electron chi connectivity index (χ3n) is 3.82. The van der Waals surface area contributed by atoms with E-state index in [2.05, 4.69) is 30.3 Å². The van der Waals surface area contributed by atoms with Gasteiger partial charge in [0.15, 0.2) is 0 Å². The van der Waals surface area contributed by atoms with Crippen molar-refractivity contribution in [2.75, 3.05) is 26.8 Å². The van der Waals surface area contributed by atoms with Gasteiger partial charge in [0.05, 0.1) is 0 Å². The summed E-state index contributed by atoms with van der Waals surface area (Å²) in [7, 11) is 1.58. The minimum absolute atomic E-state index is 0.131. The van der Waals surface area contributed by atoms with Gasteiger partial charge in [0.25, 0.3) is 0 Å². The molecule has 1 saturated heterocycles. The summed E-state index contributed by atoms with van der Waals surface area (Å²) in [6.07, 6.45) is 4.64. The van der Waals surface area contributed by atoms with Gasteiger partial charge in [-0.3, -0.25) is 4.79 Å². The number of carbonyl (C=O) groups excluding carboxylic acids is 1. The second kappa shape index (κ2) is 7.29. The molecule has 0 radical (unpaired) electrons. The average Bonchev–Trinajstić information content (AvgIpc) is 2.47. The van der Waals surface area contributed by atoms with Gasteiger partial charge in [0.2, 0.25) is 5.91 Å². The Kier molecular flexibility index (Phi) is 5.40. The summed E-state index contributed by atoms with van der Waals surface area (Å²) in [5, 5.41) is 0. The van der Waals surface area contributed by atoms with Crippen LogP contribution in [-0.4, -0.2) is 37.6 Å². The zero-order valence-electron chi connectivity index (χ0n) is 11.7. The highest BCUT2D eigenvalue weighted by molar-refractivity contribution is 5.77. The number of likely N-dealkylation sites (tertiary alicyclic amines) is 1. The van der Waals surface area contributed by atoms with E-state index in [0.29, 0.717) is 5.92 Å². The molecule has 2 rings (SSSR count). The molecule has 0 aromatic heterocycles. The fourth-order valence-corrected chi connectivity index (χ4v) is 2.76. The fraction of sp³-hybridized carbons (Fsp3) is 0.562. The van der Waals surface area contributed by atoms with Crippen molar-refractivity contribution in [1.82, 2.24) is 4.90 Å². The van der Waals surface area contributed by atoms with E-state index >= 15 is 0 Å². The zero-order valence-corrected chi connectivity index (χ0v) is 11.7. The maximum absolute atomic E-state index is 11.8. The molecule has 0 bridgehead atoms. The Morgan fingerprint density at radius 3 is 2.89 bits per heavy atom. The Hall–Kier alpha value is -1.35. The molecule has 1 aliphatic heterocycles. The van der Waals surface area contributed by atoms with Crippen LogP contribution in [0.3, 0.4) is 0 Å². The predicted octanol–water partition coefficient (Wildman–Crippen LogP) is 2.50. The van der Waals surface area contributed by atoms with Gasteiger partial charge in [0.1, 0.15) is 6.61 Å². The lowest BCUT2D eigenvalue weighted by Gasteiger charge is -2.32. The number of carbonyl (C=O) groups is 1. The largest absolute Gasteiger partial charge is 0.375 e. The molecule has 1 fully saturated rings. The van der Waals surface area contributed by atoms with Crippen LogP contribution in [0.2, 0.25) is 0 Å². The van der Waals surface area contributed by atoms with Crippen molar-refractivity contribution in [1.29, 1.82) is 0 Å². The van der Waals surface area contributed by atoms with Gasteiger partial charge in [-0.25, -0.2) is 0 Å². The molecule has 104 valence electrons. The Morgan fingerprint density at radius 1 is 1.37 bits per heavy atom. The van der Waals surface area contributed by atoms with Crippen molar-refractivity contribution < 1.29 is 9.53 Å². The molecule has 1 amide bonds. The van der Waals surface area contributed by atoms with Gasteiger partial charge in [-0.1, -0.05) is 30.3 Å². The van der Waals surface area contributed by atoms with Crippen LogP contribution in [-0.2, 0) is 16.0 Å². The van der Waals surface area contributed by atoms with Crippen LogP contribution >= 0.6 is 0 Å². The van der Waals surface area contributed by atoms with Crippen LogP contribution in [0, 0.1) is 5.92 Å². The first-order valence-electron chi connectivity index (χ1n) is 7.10. The second-order valence-electron chi connectivity index (χ2n) is 5.31. The molecule has 0 unspecified atom stereocenters. The zero-order chi connectivity index (χ0) is 13.5. The molecular formula is C16H23NO2. The van der Waals surface area contributed by atoms with Crippen molar-refractivity contribution in [3.05, 3.63) is 35.9 Å². The molecule has 1 aromatic rings. The summed E-state index contributed by atoms with van der Waals surface area (Å²) in [6.45, 7) is 2.00. The molecule has 1 aromatic carbocycles. The molecule has 3 nitrogen and oxygen atoms in total. The Labute approximate surface area is 115 Å². The molecule has 0 saturated carbocycles. The van der Waals surface area contributed by atoms with E-state index in [1.54, 1.807) is 7.11 Å². The van der Waals surface area contributed by atoms with Gasteiger partial charge in [-0.2, -0.15) is 0 Å². The van der Waals surface area contributed by atoms with Crippen molar-refractivity contribution in [3.63, 3.8) is 0 Å². The van der Waals surface area contributed by atoms with Crippen LogP contribution < -0.4 is 0 Å². The van der Waals surface area contributed by atoms with E-state index in [9.17, 15) is 4.79 Å². The fourth-order valence-electron chi connectivity index (χ4n) is 2.76. The highest BCUT2D eigenvalue weighted by atomic mass is 16.5. The molecule has 19 heavy (non-hydrogen) atoms. The summed E-state index contributed by atoms with van der Waals surface area (Å²) in [6, 6.07) is 10.6. The molecule has 1 aliphatic rings. The lowest BCUT2D eigenvalue weighted by atomic mass is 9.91. The number of hydrogen-bond donors (Lipinski definition) is 0. The summed E-state index contributed by atoms with van der Waals surface area (Å²) in [5.41, 5.74) is 1.39. The number of nitrogens with zero attached hydrogens (tertiary/aromatic N) is 1. The molecule has 1 atom stereocenters. The maximum Gasteiger partial charge on any atom is 0.248 e. The molecule has 0 aliphatic carbocycles. The number of ether oxygens (including phenoxy) is 1. The van der Waals surface area contributed by atoms with Gasteiger partial charge in [0, 0.05) is 20.2 Å². The summed E-state index contributed by atoms with van der Waals surface area (Å²) in [4.78, 5) is 13.8. The van der Waals surface area contributed by atoms with Gasteiger partial charge < -0.3 is 9.64 Å². The van der Waals surface area contributed by atoms with Crippen LogP contribution in [0.25, 0.3) is 0 Å². The van der Waals surface area contributed by atoms with Gasteiger partial charge in [-0.05, 0) is 37.2 Å². The number of amides is 1. The first kappa shape index (κ1) is 14.1. The number of methoxy groups -OCH3 is 1. The topological polar surface area (TPSA) is 29.5 Å².